The van der Waals surface area contributed by atoms with E-state index in [0.717, 1.165) is 11.8 Å². The molecule has 0 aromatic heterocycles. The predicted molar refractivity (Wildman–Crippen MR) is 55.1 cm³/mol. The molecule has 0 bridgehead atoms. The molecule has 0 spiro atoms. The van der Waals surface area contributed by atoms with Crippen molar-refractivity contribution in [1.29, 1.82) is 0 Å². The molecular weight excluding hydrogens is 204 g/mol. The van der Waals surface area contributed by atoms with Crippen molar-refractivity contribution in [3.05, 3.63) is 28.8 Å². The van der Waals surface area contributed by atoms with E-state index in [1.54, 1.807) is 12.1 Å². The zero-order valence-corrected chi connectivity index (χ0v) is 8.25. The van der Waals surface area contributed by atoms with Crippen LogP contribution in [0.1, 0.15) is 5.56 Å². The van der Waals surface area contributed by atoms with E-state index in [1.165, 1.54) is 0 Å². The maximum absolute atomic E-state index is 11.0. The van der Waals surface area contributed by atoms with Crippen molar-refractivity contribution < 1.29 is 10.0 Å². The molecule has 0 saturated heterocycles. The lowest BCUT2D eigenvalue weighted by molar-refractivity contribution is -0.110. The van der Waals surface area contributed by atoms with Gasteiger partial charge in [-0.05, 0) is 24.6 Å². The molecule has 0 radical (unpaired) electrons. The molecule has 0 aliphatic rings. The van der Waals surface area contributed by atoms with Crippen molar-refractivity contribution in [3.8, 4) is 0 Å². The Hall–Kier alpha value is -1.55. The summed E-state index contributed by atoms with van der Waals surface area (Å²) in [6.45, 7) is 1.90. The fourth-order valence-electron chi connectivity index (χ4n) is 0.939. The summed E-state index contributed by atoms with van der Waals surface area (Å²) < 4.78 is 0. The van der Waals surface area contributed by atoms with Crippen LogP contribution in [0.5, 0.6) is 0 Å². The average molecular weight is 213 g/mol. The number of carbonyl (C=O) groups excluding carboxylic acids is 1. The fourth-order valence-corrected chi connectivity index (χ4v) is 1.22. The van der Waals surface area contributed by atoms with Crippen molar-refractivity contribution >= 4 is 29.4 Å². The lowest BCUT2D eigenvalue weighted by Gasteiger charge is -2.04. The lowest BCUT2D eigenvalue weighted by Crippen LogP contribution is -2.12. The molecule has 0 heterocycles. The van der Waals surface area contributed by atoms with Crippen LogP contribution in [0.3, 0.4) is 0 Å². The fraction of sp³-hybridized carbons (Fsp3) is 0.111. The molecular formula is C9H9ClN2O2. The van der Waals surface area contributed by atoms with Gasteiger partial charge in [-0.15, -0.1) is 0 Å². The van der Waals surface area contributed by atoms with Gasteiger partial charge in [0.05, 0.1) is 10.7 Å². The van der Waals surface area contributed by atoms with E-state index in [1.807, 2.05) is 13.0 Å². The molecule has 0 atom stereocenters. The number of hydrogen-bond acceptors (Lipinski definition) is 3. The Morgan fingerprint density at radius 1 is 1.64 bits per heavy atom. The summed E-state index contributed by atoms with van der Waals surface area (Å²) in [5.74, 6) is -0.529. The molecule has 4 nitrogen and oxygen atoms in total. The van der Waals surface area contributed by atoms with E-state index >= 15 is 0 Å². The Balaban J connectivity index is 2.82. The van der Waals surface area contributed by atoms with Gasteiger partial charge in [-0.3, -0.25) is 4.79 Å². The molecule has 74 valence electrons. The van der Waals surface area contributed by atoms with Crippen molar-refractivity contribution in [3.63, 3.8) is 0 Å². The summed E-state index contributed by atoms with van der Waals surface area (Å²) in [6, 6.07) is 5.23. The minimum Gasteiger partial charge on any atom is -0.411 e. The SMILES string of the molecule is Cc1ccc(NC(=O)C=NO)c(Cl)c1. The summed E-state index contributed by atoms with van der Waals surface area (Å²) >= 11 is 5.85. The zero-order chi connectivity index (χ0) is 10.6. The Labute approximate surface area is 86.2 Å². The number of rotatable bonds is 2. The minimum absolute atomic E-state index is 0.449. The van der Waals surface area contributed by atoms with Crippen LogP contribution < -0.4 is 5.32 Å². The number of amides is 1. The molecule has 1 aromatic rings. The van der Waals surface area contributed by atoms with Crippen LogP contribution in [0.15, 0.2) is 23.4 Å². The normalized spacial score (nSPS) is 10.4. The van der Waals surface area contributed by atoms with Crippen LogP contribution in [-0.4, -0.2) is 17.3 Å². The van der Waals surface area contributed by atoms with E-state index in [2.05, 4.69) is 10.5 Å². The second kappa shape index (κ2) is 4.62. The summed E-state index contributed by atoms with van der Waals surface area (Å²) in [7, 11) is 0. The molecule has 14 heavy (non-hydrogen) atoms. The van der Waals surface area contributed by atoms with Crippen LogP contribution in [0.2, 0.25) is 5.02 Å². The summed E-state index contributed by atoms with van der Waals surface area (Å²) in [5, 5.41) is 13.6. The highest BCUT2D eigenvalue weighted by atomic mass is 35.5. The van der Waals surface area contributed by atoms with Gasteiger partial charge in [-0.2, -0.15) is 0 Å². The first kappa shape index (κ1) is 10.5. The third-order valence-corrected chi connectivity index (χ3v) is 1.87. The van der Waals surface area contributed by atoms with E-state index in [4.69, 9.17) is 16.8 Å². The van der Waals surface area contributed by atoms with Gasteiger partial charge in [-0.25, -0.2) is 0 Å². The molecule has 0 fully saturated rings. The Morgan fingerprint density at radius 3 is 2.93 bits per heavy atom. The van der Waals surface area contributed by atoms with Crippen molar-refractivity contribution in [1.82, 2.24) is 0 Å². The Kier molecular flexibility index (Phi) is 3.48. The van der Waals surface area contributed by atoms with Crippen LogP contribution in [-0.2, 0) is 4.79 Å². The topological polar surface area (TPSA) is 61.7 Å². The molecule has 1 amide bonds. The predicted octanol–water partition coefficient (Wildman–Crippen LogP) is 2.05. The number of aryl methyl sites for hydroxylation is 1. The highest BCUT2D eigenvalue weighted by molar-refractivity contribution is 6.36. The molecule has 0 aliphatic carbocycles. The molecule has 1 aromatic carbocycles. The van der Waals surface area contributed by atoms with Crippen molar-refractivity contribution in [2.45, 2.75) is 6.92 Å². The smallest absolute Gasteiger partial charge is 0.270 e. The largest absolute Gasteiger partial charge is 0.411 e. The Morgan fingerprint density at radius 2 is 2.36 bits per heavy atom. The van der Waals surface area contributed by atoms with Gasteiger partial charge in [0.1, 0.15) is 6.21 Å². The number of anilines is 1. The van der Waals surface area contributed by atoms with Crippen LogP contribution >= 0.6 is 11.6 Å². The van der Waals surface area contributed by atoms with E-state index < -0.39 is 5.91 Å². The summed E-state index contributed by atoms with van der Waals surface area (Å²) in [5.41, 5.74) is 1.49. The number of oxime groups is 1. The minimum atomic E-state index is -0.529. The van der Waals surface area contributed by atoms with Crippen LogP contribution in [0, 0.1) is 6.92 Å². The van der Waals surface area contributed by atoms with Gasteiger partial charge in [0.2, 0.25) is 0 Å². The third-order valence-electron chi connectivity index (χ3n) is 1.56. The number of nitrogens with zero attached hydrogens (tertiary/aromatic N) is 1. The monoisotopic (exact) mass is 212 g/mol. The second-order valence-corrected chi connectivity index (χ2v) is 3.12. The number of benzene rings is 1. The standard InChI is InChI=1S/C9H9ClN2O2/c1-6-2-3-8(7(10)4-6)12-9(13)5-11-14/h2-5,14H,1H3,(H,12,13). The number of hydrogen-bond donors (Lipinski definition) is 2. The quantitative estimate of drug-likeness (QED) is 0.448. The number of carbonyl (C=O) groups is 1. The number of nitrogens with one attached hydrogen (secondary N) is 1. The van der Waals surface area contributed by atoms with Crippen LogP contribution in [0.25, 0.3) is 0 Å². The molecule has 0 saturated carbocycles. The van der Waals surface area contributed by atoms with E-state index in [0.29, 0.717) is 10.7 Å². The first-order valence-corrected chi connectivity index (χ1v) is 4.26. The van der Waals surface area contributed by atoms with Gasteiger partial charge < -0.3 is 10.5 Å². The second-order valence-electron chi connectivity index (χ2n) is 2.72. The van der Waals surface area contributed by atoms with Gasteiger partial charge in [0.15, 0.2) is 0 Å². The summed E-state index contributed by atoms with van der Waals surface area (Å²) in [6.07, 6.45) is 0.760. The van der Waals surface area contributed by atoms with Crippen LogP contribution in [0.4, 0.5) is 5.69 Å². The van der Waals surface area contributed by atoms with Crippen molar-refractivity contribution in [2.24, 2.45) is 5.16 Å². The highest BCUT2D eigenvalue weighted by Gasteiger charge is 2.03. The number of halogens is 1. The first-order valence-electron chi connectivity index (χ1n) is 3.88. The molecule has 0 aliphatic heterocycles. The van der Waals surface area contributed by atoms with Crippen molar-refractivity contribution in [2.75, 3.05) is 5.32 Å². The first-order chi connectivity index (χ1) is 6.63. The maximum Gasteiger partial charge on any atom is 0.270 e. The van der Waals surface area contributed by atoms with E-state index in [9.17, 15) is 4.79 Å². The van der Waals surface area contributed by atoms with Gasteiger partial charge in [0.25, 0.3) is 5.91 Å². The maximum atomic E-state index is 11.0. The highest BCUT2D eigenvalue weighted by Crippen LogP contribution is 2.22. The molecule has 1 rings (SSSR count). The van der Waals surface area contributed by atoms with Gasteiger partial charge >= 0.3 is 0 Å². The Bertz CT molecular complexity index is 377. The average Bonchev–Trinajstić information content (AvgIpc) is 2.10. The van der Waals surface area contributed by atoms with Gasteiger partial charge in [-0.1, -0.05) is 22.8 Å². The lowest BCUT2D eigenvalue weighted by atomic mass is 10.2. The zero-order valence-electron chi connectivity index (χ0n) is 7.49. The summed E-state index contributed by atoms with van der Waals surface area (Å²) in [4.78, 5) is 11.0. The van der Waals surface area contributed by atoms with Gasteiger partial charge in [0, 0.05) is 0 Å². The molecule has 2 N–H and O–H groups in total. The van der Waals surface area contributed by atoms with E-state index in [-0.39, 0.29) is 0 Å². The molecule has 0 unspecified atom stereocenters. The molecule has 5 heteroatoms. The third kappa shape index (κ3) is 2.74.